The molecule has 0 aliphatic carbocycles. The van der Waals surface area contributed by atoms with Gasteiger partial charge in [0.05, 0.1) is 6.42 Å². The Kier molecular flexibility index (Phi) is 3.39. The fraction of sp³-hybridized carbons (Fsp3) is 0.500. The van der Waals surface area contributed by atoms with Gasteiger partial charge >= 0.3 is 0 Å². The van der Waals surface area contributed by atoms with Gasteiger partial charge in [0.25, 0.3) is 0 Å². The first-order valence-electron chi connectivity index (χ1n) is 6.14. The molecule has 1 aliphatic heterocycles. The maximum Gasteiger partial charge on any atom is 0.228 e. The van der Waals surface area contributed by atoms with Crippen LogP contribution < -0.4 is 11.1 Å². The topological polar surface area (TPSA) is 55.1 Å². The van der Waals surface area contributed by atoms with Crippen molar-refractivity contribution in [3.8, 4) is 0 Å². The molecule has 2 rings (SSSR count). The van der Waals surface area contributed by atoms with E-state index in [1.807, 2.05) is 6.07 Å². The van der Waals surface area contributed by atoms with Crippen molar-refractivity contribution in [2.45, 2.75) is 39.7 Å². The molecule has 1 aromatic rings. The lowest BCUT2D eigenvalue weighted by molar-refractivity contribution is -0.115. The van der Waals surface area contributed by atoms with Crippen LogP contribution in [-0.4, -0.2) is 5.91 Å². The number of fused-ring (bicyclic) bond motifs is 1. The number of hydrogen-bond donors (Lipinski definition) is 2. The second-order valence-corrected chi connectivity index (χ2v) is 6.53. The smallest absolute Gasteiger partial charge is 0.228 e. The molecule has 0 bridgehead atoms. The Hall–Kier alpha value is -1.06. The Morgan fingerprint density at radius 2 is 2.11 bits per heavy atom. The minimum Gasteiger partial charge on any atom is -0.325 e. The molecule has 1 heterocycles. The summed E-state index contributed by atoms with van der Waals surface area (Å²) in [5, 5.41) is 3.42. The van der Waals surface area contributed by atoms with Crippen LogP contribution in [0.5, 0.6) is 0 Å². The first-order valence-corrected chi connectivity index (χ1v) is 6.52. The Morgan fingerprint density at radius 3 is 2.72 bits per heavy atom. The molecule has 1 aromatic carbocycles. The van der Waals surface area contributed by atoms with E-state index in [4.69, 9.17) is 17.3 Å². The van der Waals surface area contributed by atoms with Gasteiger partial charge in [-0.25, -0.2) is 0 Å². The maximum atomic E-state index is 11.3. The molecule has 1 unspecified atom stereocenters. The summed E-state index contributed by atoms with van der Waals surface area (Å²) in [6.45, 7) is 6.46. The lowest BCUT2D eigenvalue weighted by Crippen LogP contribution is -2.19. The third-order valence-corrected chi connectivity index (χ3v) is 3.41. The van der Waals surface area contributed by atoms with Gasteiger partial charge in [0, 0.05) is 16.8 Å². The molecule has 0 saturated heterocycles. The minimum absolute atomic E-state index is 0.0163. The highest BCUT2D eigenvalue weighted by atomic mass is 35.5. The van der Waals surface area contributed by atoms with Crippen LogP contribution in [0.2, 0.25) is 5.02 Å². The molecule has 18 heavy (non-hydrogen) atoms. The summed E-state index contributed by atoms with van der Waals surface area (Å²) >= 11 is 6.25. The van der Waals surface area contributed by atoms with Crippen LogP contribution in [0.3, 0.4) is 0 Å². The van der Waals surface area contributed by atoms with Gasteiger partial charge in [0.2, 0.25) is 5.91 Å². The molecule has 0 radical (unpaired) electrons. The molecular weight excluding hydrogens is 248 g/mol. The Labute approximate surface area is 113 Å². The predicted molar refractivity (Wildman–Crippen MR) is 74.8 cm³/mol. The number of halogens is 1. The average Bonchev–Trinajstić information content (AvgIpc) is 2.53. The number of nitrogens with two attached hydrogens (primary N) is 1. The van der Waals surface area contributed by atoms with Crippen LogP contribution >= 0.6 is 11.6 Å². The normalized spacial score (nSPS) is 16.4. The standard InChI is InChI=1S/C14H19ClN2O/c1-14(2,3)7-11(16)9-4-8-5-13(18)17-12(8)6-10(9)15/h4,6,11H,5,7,16H2,1-3H3,(H,17,18). The van der Waals surface area contributed by atoms with Crippen LogP contribution in [0.4, 0.5) is 5.69 Å². The van der Waals surface area contributed by atoms with Gasteiger partial charge in [-0.3, -0.25) is 4.79 Å². The van der Waals surface area contributed by atoms with Crippen molar-refractivity contribution < 1.29 is 4.79 Å². The van der Waals surface area contributed by atoms with Gasteiger partial charge in [0.15, 0.2) is 0 Å². The maximum absolute atomic E-state index is 11.3. The van der Waals surface area contributed by atoms with Gasteiger partial charge < -0.3 is 11.1 Å². The molecule has 3 N–H and O–H groups in total. The number of carbonyl (C=O) groups is 1. The van der Waals surface area contributed by atoms with Crippen molar-refractivity contribution in [3.63, 3.8) is 0 Å². The van der Waals surface area contributed by atoms with Crippen molar-refractivity contribution in [2.24, 2.45) is 11.1 Å². The summed E-state index contributed by atoms with van der Waals surface area (Å²) in [6, 6.07) is 3.67. The SMILES string of the molecule is CC(C)(C)CC(N)c1cc2c(cc1Cl)NC(=O)C2. The molecule has 1 atom stereocenters. The third-order valence-electron chi connectivity index (χ3n) is 3.08. The van der Waals surface area contributed by atoms with Crippen molar-refractivity contribution in [3.05, 3.63) is 28.3 Å². The quantitative estimate of drug-likeness (QED) is 0.863. The molecule has 1 amide bonds. The zero-order valence-corrected chi connectivity index (χ0v) is 11.8. The fourth-order valence-corrected chi connectivity index (χ4v) is 2.62. The Balaban J connectivity index is 2.30. The van der Waals surface area contributed by atoms with E-state index < -0.39 is 0 Å². The van der Waals surface area contributed by atoms with Crippen molar-refractivity contribution >= 4 is 23.2 Å². The summed E-state index contributed by atoms with van der Waals surface area (Å²) in [7, 11) is 0. The lowest BCUT2D eigenvalue weighted by Gasteiger charge is -2.24. The summed E-state index contributed by atoms with van der Waals surface area (Å²) in [6.07, 6.45) is 1.27. The lowest BCUT2D eigenvalue weighted by atomic mass is 9.85. The minimum atomic E-state index is -0.0986. The summed E-state index contributed by atoms with van der Waals surface area (Å²) in [5.41, 5.74) is 9.11. The second-order valence-electron chi connectivity index (χ2n) is 6.13. The zero-order chi connectivity index (χ0) is 13.5. The third kappa shape index (κ3) is 2.85. The molecule has 3 nitrogen and oxygen atoms in total. The number of amides is 1. The highest BCUT2D eigenvalue weighted by molar-refractivity contribution is 6.32. The van der Waals surface area contributed by atoms with E-state index >= 15 is 0 Å². The second kappa shape index (κ2) is 4.56. The fourth-order valence-electron chi connectivity index (χ4n) is 2.32. The number of nitrogens with one attached hydrogen (secondary N) is 1. The van der Waals surface area contributed by atoms with Crippen molar-refractivity contribution in [1.82, 2.24) is 0 Å². The van der Waals surface area contributed by atoms with E-state index in [1.54, 1.807) is 6.07 Å². The molecule has 0 saturated carbocycles. The highest BCUT2D eigenvalue weighted by Crippen LogP contribution is 2.36. The van der Waals surface area contributed by atoms with Crippen molar-refractivity contribution in [2.75, 3.05) is 5.32 Å². The van der Waals surface area contributed by atoms with Crippen LogP contribution in [0.25, 0.3) is 0 Å². The van der Waals surface area contributed by atoms with E-state index in [1.165, 1.54) is 0 Å². The molecule has 0 fully saturated rings. The summed E-state index contributed by atoms with van der Waals surface area (Å²) < 4.78 is 0. The monoisotopic (exact) mass is 266 g/mol. The van der Waals surface area contributed by atoms with Gasteiger partial charge in [0.1, 0.15) is 0 Å². The van der Waals surface area contributed by atoms with Gasteiger partial charge in [-0.1, -0.05) is 38.4 Å². The summed E-state index contributed by atoms with van der Waals surface area (Å²) in [5.74, 6) is 0.0163. The Morgan fingerprint density at radius 1 is 1.44 bits per heavy atom. The van der Waals surface area contributed by atoms with Crippen LogP contribution in [-0.2, 0) is 11.2 Å². The van der Waals surface area contributed by atoms with Crippen molar-refractivity contribution in [1.29, 1.82) is 0 Å². The summed E-state index contributed by atoms with van der Waals surface area (Å²) in [4.78, 5) is 11.3. The largest absolute Gasteiger partial charge is 0.325 e. The highest BCUT2D eigenvalue weighted by Gasteiger charge is 2.23. The zero-order valence-electron chi connectivity index (χ0n) is 11.0. The molecule has 98 valence electrons. The number of benzene rings is 1. The molecular formula is C14H19ClN2O. The van der Waals surface area contributed by atoms with Gasteiger partial charge in [-0.2, -0.15) is 0 Å². The van der Waals surface area contributed by atoms with Crippen LogP contribution in [0.15, 0.2) is 12.1 Å². The van der Waals surface area contributed by atoms with E-state index in [2.05, 4.69) is 26.1 Å². The molecule has 1 aliphatic rings. The number of anilines is 1. The molecule has 0 aromatic heterocycles. The average molecular weight is 267 g/mol. The van der Waals surface area contributed by atoms with Gasteiger partial charge in [-0.15, -0.1) is 0 Å². The number of rotatable bonds is 2. The number of carbonyl (C=O) groups excluding carboxylic acids is 1. The molecule has 4 heteroatoms. The van der Waals surface area contributed by atoms with Crippen LogP contribution in [0, 0.1) is 5.41 Å². The van der Waals surface area contributed by atoms with Crippen LogP contribution in [0.1, 0.15) is 44.4 Å². The van der Waals surface area contributed by atoms with Gasteiger partial charge in [-0.05, 0) is 29.0 Å². The number of hydrogen-bond acceptors (Lipinski definition) is 2. The first kappa shape index (κ1) is 13.4. The van der Waals surface area contributed by atoms with E-state index in [9.17, 15) is 4.79 Å². The predicted octanol–water partition coefficient (Wildman–Crippen LogP) is 3.27. The van der Waals surface area contributed by atoms with E-state index in [0.29, 0.717) is 11.4 Å². The van der Waals surface area contributed by atoms with E-state index in [0.717, 1.165) is 23.2 Å². The van der Waals surface area contributed by atoms with E-state index in [-0.39, 0.29) is 17.4 Å². The Bertz CT molecular complexity index is 491. The molecule has 0 spiro atoms. The first-order chi connectivity index (χ1) is 8.26.